The average Bonchev–Trinajstić information content (AvgIpc) is 3.88. The van der Waals surface area contributed by atoms with Crippen LogP contribution in [0.4, 0.5) is 17.6 Å². The van der Waals surface area contributed by atoms with E-state index in [-0.39, 0.29) is 29.5 Å². The molecule has 4 aromatic carbocycles. The zero-order valence-corrected chi connectivity index (χ0v) is 30.3. The van der Waals surface area contributed by atoms with Gasteiger partial charge in [0, 0.05) is 60.1 Å². The van der Waals surface area contributed by atoms with E-state index < -0.39 is 25.2 Å². The molecular formula is C41H38F4N4O6. The number of benzene rings is 4. The van der Waals surface area contributed by atoms with Crippen LogP contribution in [0.1, 0.15) is 48.4 Å². The summed E-state index contributed by atoms with van der Waals surface area (Å²) in [5.41, 5.74) is 7.40. The number of halogens is 4. The first-order valence-corrected chi connectivity index (χ1v) is 18.1. The smallest absolute Gasteiger partial charge is 0.387 e. The fourth-order valence-electron chi connectivity index (χ4n) is 7.74. The Morgan fingerprint density at radius 3 is 1.69 bits per heavy atom. The topological polar surface area (TPSA) is 114 Å². The molecule has 14 heteroatoms. The van der Waals surface area contributed by atoms with Gasteiger partial charge in [0.2, 0.25) is 11.8 Å². The van der Waals surface area contributed by atoms with Gasteiger partial charge in [-0.2, -0.15) is 17.6 Å². The highest BCUT2D eigenvalue weighted by atomic mass is 19.3. The van der Waals surface area contributed by atoms with Crippen molar-refractivity contribution in [2.45, 2.75) is 78.4 Å². The van der Waals surface area contributed by atoms with Crippen LogP contribution in [0.15, 0.2) is 69.5 Å². The maximum absolute atomic E-state index is 13.5. The van der Waals surface area contributed by atoms with Crippen molar-refractivity contribution < 1.29 is 45.8 Å². The van der Waals surface area contributed by atoms with Crippen LogP contribution in [0.25, 0.3) is 56.2 Å². The number of likely N-dealkylation sites (tertiary alicyclic amines) is 2. The van der Waals surface area contributed by atoms with Gasteiger partial charge in [0.25, 0.3) is 0 Å². The molecule has 55 heavy (non-hydrogen) atoms. The van der Waals surface area contributed by atoms with E-state index in [0.29, 0.717) is 71.2 Å². The van der Waals surface area contributed by atoms with Crippen molar-refractivity contribution in [2.24, 2.45) is 0 Å². The molecule has 1 unspecified atom stereocenters. The molecule has 8 rings (SSSR count). The summed E-state index contributed by atoms with van der Waals surface area (Å²) in [6.45, 7) is 1.87. The van der Waals surface area contributed by atoms with E-state index in [2.05, 4.69) is 11.8 Å². The van der Waals surface area contributed by atoms with Gasteiger partial charge in [-0.15, -0.1) is 0 Å². The molecule has 0 bridgehead atoms. The van der Waals surface area contributed by atoms with Gasteiger partial charge >= 0.3 is 19.2 Å². The second-order valence-corrected chi connectivity index (χ2v) is 14.2. The van der Waals surface area contributed by atoms with Crippen molar-refractivity contribution in [3.8, 4) is 45.5 Å². The molecule has 4 heterocycles. The Bertz CT molecular complexity index is 2410. The number of aliphatic carboxylic acids is 1. The van der Waals surface area contributed by atoms with Gasteiger partial charge in [-0.1, -0.05) is 24.3 Å². The Labute approximate surface area is 313 Å². The summed E-state index contributed by atoms with van der Waals surface area (Å²) in [5, 5.41) is 9.66. The molecule has 2 saturated heterocycles. The van der Waals surface area contributed by atoms with E-state index in [1.165, 1.54) is 12.1 Å². The highest BCUT2D eigenvalue weighted by molar-refractivity contribution is 5.85. The number of alkyl halides is 4. The largest absolute Gasteiger partial charge is 0.480 e. The van der Waals surface area contributed by atoms with Gasteiger partial charge < -0.3 is 23.4 Å². The number of hydrogen-bond donors (Lipinski definition) is 1. The number of hydrogen-bond acceptors (Lipinski definition) is 9. The quantitative estimate of drug-likeness (QED) is 0.121. The number of oxazole rings is 2. The molecule has 2 aliphatic rings. The molecule has 0 spiro atoms. The standard InChI is InChI=1S/C41H38F4N4O6/c1-21-12-14-48(21)19-24-15-30-35(17-33(24)54-40(42)43)52-37(46-30)28-9-4-7-26(22(28)2)27-8-5-10-29(23(27)3)38-47-31-16-25(20-49-13-6-11-32(49)39(50)51)34(55-41(44)45)18-36(31)53-38/h4-5,7-10,15-18,21,32,40-41H,6,11-14,19-20H2,1-3H3,(H,50,51)/t21?,32-/m0/s1. The van der Waals surface area contributed by atoms with Crippen LogP contribution in [-0.4, -0.2) is 69.2 Å². The summed E-state index contributed by atoms with van der Waals surface area (Å²) in [6.07, 6.45) is 2.21. The molecule has 1 N–H and O–H groups in total. The van der Waals surface area contributed by atoms with Crippen molar-refractivity contribution in [2.75, 3.05) is 13.1 Å². The second-order valence-electron chi connectivity index (χ2n) is 14.2. The fourth-order valence-corrected chi connectivity index (χ4v) is 7.74. The van der Waals surface area contributed by atoms with Crippen LogP contribution in [0.2, 0.25) is 0 Å². The first-order valence-electron chi connectivity index (χ1n) is 18.1. The zero-order chi connectivity index (χ0) is 38.5. The highest BCUT2D eigenvalue weighted by Crippen LogP contribution is 2.40. The van der Waals surface area contributed by atoms with Crippen molar-refractivity contribution in [1.29, 1.82) is 0 Å². The minimum Gasteiger partial charge on any atom is -0.480 e. The Kier molecular flexibility index (Phi) is 9.72. The Morgan fingerprint density at radius 1 is 0.764 bits per heavy atom. The Balaban J connectivity index is 1.13. The number of rotatable bonds is 12. The van der Waals surface area contributed by atoms with Crippen LogP contribution < -0.4 is 9.47 Å². The van der Waals surface area contributed by atoms with Gasteiger partial charge in [-0.25, -0.2) is 9.97 Å². The number of nitrogens with zero attached hydrogens (tertiary/aromatic N) is 4. The monoisotopic (exact) mass is 758 g/mol. The summed E-state index contributed by atoms with van der Waals surface area (Å²) in [7, 11) is 0. The number of carbonyl (C=O) groups is 1. The van der Waals surface area contributed by atoms with Gasteiger partial charge in [0.05, 0.1) is 0 Å². The molecule has 2 fully saturated rings. The van der Waals surface area contributed by atoms with Gasteiger partial charge in [-0.05, 0) is 93.1 Å². The van der Waals surface area contributed by atoms with Crippen molar-refractivity contribution in [3.05, 3.63) is 82.9 Å². The molecule has 10 nitrogen and oxygen atoms in total. The average molecular weight is 759 g/mol. The van der Waals surface area contributed by atoms with E-state index in [1.54, 1.807) is 17.0 Å². The van der Waals surface area contributed by atoms with Crippen molar-refractivity contribution in [3.63, 3.8) is 0 Å². The first-order chi connectivity index (χ1) is 26.4. The minimum absolute atomic E-state index is 0.0637. The van der Waals surface area contributed by atoms with Crippen LogP contribution in [0, 0.1) is 13.8 Å². The summed E-state index contributed by atoms with van der Waals surface area (Å²) < 4.78 is 75.9. The molecule has 286 valence electrons. The molecular weight excluding hydrogens is 720 g/mol. The van der Waals surface area contributed by atoms with Gasteiger partial charge in [0.15, 0.2) is 11.2 Å². The maximum atomic E-state index is 13.5. The lowest BCUT2D eigenvalue weighted by Crippen LogP contribution is -2.44. The molecule has 2 atom stereocenters. The highest BCUT2D eigenvalue weighted by Gasteiger charge is 2.32. The normalized spacial score (nSPS) is 17.8. The first kappa shape index (κ1) is 36.5. The lowest BCUT2D eigenvalue weighted by Gasteiger charge is -2.38. The Hall–Kier alpha value is -5.47. The van der Waals surface area contributed by atoms with Gasteiger partial charge in [-0.3, -0.25) is 14.6 Å². The number of carboxylic acid groups (broad SMARTS) is 1. The lowest BCUT2D eigenvalue weighted by molar-refractivity contribution is -0.142. The predicted octanol–water partition coefficient (Wildman–Crippen LogP) is 9.43. The molecule has 6 aromatic rings. The fraction of sp³-hybridized carbons (Fsp3) is 0.341. The molecule has 2 aromatic heterocycles. The van der Waals surface area contributed by atoms with Crippen LogP contribution in [0.5, 0.6) is 11.5 Å². The lowest BCUT2D eigenvalue weighted by atomic mass is 9.91. The van der Waals surface area contributed by atoms with Crippen molar-refractivity contribution >= 4 is 28.2 Å². The molecule has 0 aliphatic carbocycles. The molecule has 0 amide bonds. The number of fused-ring (bicyclic) bond motifs is 2. The molecule has 0 saturated carbocycles. The summed E-state index contributed by atoms with van der Waals surface area (Å²) in [5.74, 6) is -0.383. The van der Waals surface area contributed by atoms with Crippen molar-refractivity contribution in [1.82, 2.24) is 19.8 Å². The number of ether oxygens (including phenoxy) is 2. The van der Waals surface area contributed by atoms with E-state index in [9.17, 15) is 27.5 Å². The third-order valence-corrected chi connectivity index (χ3v) is 10.8. The van der Waals surface area contributed by atoms with E-state index in [4.69, 9.17) is 28.3 Å². The SMILES string of the molecule is Cc1c(-c2nc3cc(CN4CCC4C)c(OC(F)F)cc3o2)cccc1-c1cccc(-c2nc3cc(CN4CCC[C@H]4C(=O)O)c(OC(F)F)cc3o2)c1C. The summed E-state index contributed by atoms with van der Waals surface area (Å²) >= 11 is 0. The number of aromatic nitrogens is 2. The third kappa shape index (κ3) is 7.11. The van der Waals surface area contributed by atoms with Crippen LogP contribution in [0.3, 0.4) is 0 Å². The maximum Gasteiger partial charge on any atom is 0.387 e. The third-order valence-electron chi connectivity index (χ3n) is 10.8. The molecule has 0 radical (unpaired) electrons. The van der Waals surface area contributed by atoms with Gasteiger partial charge in [0.1, 0.15) is 28.6 Å². The zero-order valence-electron chi connectivity index (χ0n) is 30.3. The molecule has 2 aliphatic heterocycles. The summed E-state index contributed by atoms with van der Waals surface area (Å²) in [4.78, 5) is 25.2. The summed E-state index contributed by atoms with van der Waals surface area (Å²) in [6, 6.07) is 17.3. The number of carboxylic acids is 1. The Morgan fingerprint density at radius 2 is 1.25 bits per heavy atom. The van der Waals surface area contributed by atoms with E-state index in [1.807, 2.05) is 50.2 Å². The predicted molar refractivity (Wildman–Crippen MR) is 196 cm³/mol. The minimum atomic E-state index is -3.09. The second kappa shape index (κ2) is 14.6. The van der Waals surface area contributed by atoms with E-state index in [0.717, 1.165) is 40.8 Å². The van der Waals surface area contributed by atoms with Crippen LogP contribution in [-0.2, 0) is 17.9 Å². The van der Waals surface area contributed by atoms with Crippen LogP contribution >= 0.6 is 0 Å². The van der Waals surface area contributed by atoms with E-state index >= 15 is 0 Å².